The highest BCUT2D eigenvalue weighted by atomic mass is 19.4. The molecular formula is C20H22BF3O3. The number of ether oxygens (including phenoxy) is 1. The summed E-state index contributed by atoms with van der Waals surface area (Å²) in [5.74, 6) is 0.599. The van der Waals surface area contributed by atoms with Gasteiger partial charge in [-0.25, -0.2) is 0 Å². The SMILES string of the molecule is CC1(C)OB(c2cccc(OCc3ccc(C(F)(F)F)cc3)c2)OC1(C)C. The van der Waals surface area contributed by atoms with E-state index >= 15 is 0 Å². The van der Waals surface area contributed by atoms with Crippen LogP contribution in [0.25, 0.3) is 0 Å². The van der Waals surface area contributed by atoms with Gasteiger partial charge in [-0.05, 0) is 63.0 Å². The largest absolute Gasteiger partial charge is 0.494 e. The lowest BCUT2D eigenvalue weighted by Crippen LogP contribution is -2.41. The average molecular weight is 378 g/mol. The quantitative estimate of drug-likeness (QED) is 0.729. The van der Waals surface area contributed by atoms with Crippen LogP contribution < -0.4 is 10.2 Å². The van der Waals surface area contributed by atoms with Gasteiger partial charge in [0.25, 0.3) is 0 Å². The van der Waals surface area contributed by atoms with Gasteiger partial charge in [0, 0.05) is 0 Å². The Labute approximate surface area is 157 Å². The van der Waals surface area contributed by atoms with Gasteiger partial charge in [0.1, 0.15) is 12.4 Å². The molecule has 1 saturated heterocycles. The third-order valence-electron chi connectivity index (χ3n) is 5.07. The standard InChI is InChI=1S/C20H22BF3O3/c1-18(2)19(3,4)27-21(26-18)16-6-5-7-17(12-16)25-13-14-8-10-15(11-9-14)20(22,23)24/h5-12H,13H2,1-4H3. The summed E-state index contributed by atoms with van der Waals surface area (Å²) in [6.07, 6.45) is -4.34. The van der Waals surface area contributed by atoms with Crippen molar-refractivity contribution in [2.75, 3.05) is 0 Å². The zero-order chi connectivity index (χ0) is 19.9. The molecule has 0 unspecified atom stereocenters. The molecule has 0 amide bonds. The van der Waals surface area contributed by atoms with Crippen molar-refractivity contribution in [2.24, 2.45) is 0 Å². The van der Waals surface area contributed by atoms with E-state index in [0.29, 0.717) is 11.3 Å². The first-order chi connectivity index (χ1) is 12.5. The minimum Gasteiger partial charge on any atom is -0.489 e. The molecule has 7 heteroatoms. The number of hydrogen-bond donors (Lipinski definition) is 0. The fourth-order valence-corrected chi connectivity index (χ4v) is 2.69. The van der Waals surface area contributed by atoms with E-state index in [0.717, 1.165) is 17.6 Å². The lowest BCUT2D eigenvalue weighted by Gasteiger charge is -2.32. The molecule has 0 N–H and O–H groups in total. The van der Waals surface area contributed by atoms with E-state index in [-0.39, 0.29) is 6.61 Å². The second-order valence-electron chi connectivity index (χ2n) is 7.64. The summed E-state index contributed by atoms with van der Waals surface area (Å²) >= 11 is 0. The molecular weight excluding hydrogens is 356 g/mol. The lowest BCUT2D eigenvalue weighted by atomic mass is 9.79. The second kappa shape index (κ2) is 6.87. The van der Waals surface area contributed by atoms with Crippen LogP contribution in [0.4, 0.5) is 13.2 Å². The highest BCUT2D eigenvalue weighted by Gasteiger charge is 2.51. The first kappa shape index (κ1) is 19.8. The Morgan fingerprint density at radius 1 is 0.926 bits per heavy atom. The van der Waals surface area contributed by atoms with Crippen LogP contribution in [0.1, 0.15) is 38.8 Å². The summed E-state index contributed by atoms with van der Waals surface area (Å²) in [5.41, 5.74) is -0.0552. The van der Waals surface area contributed by atoms with Gasteiger partial charge in [0.15, 0.2) is 0 Å². The molecule has 0 atom stereocenters. The van der Waals surface area contributed by atoms with Gasteiger partial charge in [-0.1, -0.05) is 24.3 Å². The maximum atomic E-state index is 12.6. The Balaban J connectivity index is 1.67. The van der Waals surface area contributed by atoms with Crippen LogP contribution in [-0.4, -0.2) is 18.3 Å². The van der Waals surface area contributed by atoms with Crippen LogP contribution in [0, 0.1) is 0 Å². The van der Waals surface area contributed by atoms with Crippen molar-refractivity contribution in [1.29, 1.82) is 0 Å². The molecule has 0 spiro atoms. The molecule has 2 aromatic carbocycles. The number of hydrogen-bond acceptors (Lipinski definition) is 3. The van der Waals surface area contributed by atoms with Gasteiger partial charge in [0.05, 0.1) is 16.8 Å². The van der Waals surface area contributed by atoms with Crippen molar-refractivity contribution in [1.82, 2.24) is 0 Å². The third kappa shape index (κ3) is 4.30. The average Bonchev–Trinajstić information content (AvgIpc) is 2.81. The highest BCUT2D eigenvalue weighted by molar-refractivity contribution is 6.62. The van der Waals surface area contributed by atoms with E-state index in [1.807, 2.05) is 45.9 Å². The Kier molecular flexibility index (Phi) is 5.03. The lowest BCUT2D eigenvalue weighted by molar-refractivity contribution is -0.137. The zero-order valence-corrected chi connectivity index (χ0v) is 15.8. The molecule has 1 aliphatic rings. The van der Waals surface area contributed by atoms with Crippen molar-refractivity contribution in [3.63, 3.8) is 0 Å². The molecule has 3 nitrogen and oxygen atoms in total. The van der Waals surface area contributed by atoms with E-state index in [2.05, 4.69) is 0 Å². The van der Waals surface area contributed by atoms with E-state index < -0.39 is 30.1 Å². The molecule has 0 saturated carbocycles. The Hall–Kier alpha value is -1.99. The van der Waals surface area contributed by atoms with Crippen LogP contribution in [0.2, 0.25) is 0 Å². The molecule has 144 valence electrons. The molecule has 1 heterocycles. The van der Waals surface area contributed by atoms with E-state index in [1.54, 1.807) is 6.07 Å². The minimum absolute atomic E-state index is 0.172. The van der Waals surface area contributed by atoms with Gasteiger partial charge < -0.3 is 14.0 Å². The second-order valence-corrected chi connectivity index (χ2v) is 7.64. The number of alkyl halides is 3. The smallest absolute Gasteiger partial charge is 0.489 e. The van der Waals surface area contributed by atoms with Gasteiger partial charge in [-0.2, -0.15) is 13.2 Å². The first-order valence-electron chi connectivity index (χ1n) is 8.72. The maximum Gasteiger partial charge on any atom is 0.494 e. The van der Waals surface area contributed by atoms with Crippen LogP contribution in [0.5, 0.6) is 5.75 Å². The van der Waals surface area contributed by atoms with Crippen molar-refractivity contribution < 1.29 is 27.2 Å². The number of rotatable bonds is 4. The van der Waals surface area contributed by atoms with E-state index in [4.69, 9.17) is 14.0 Å². The Morgan fingerprint density at radius 3 is 2.07 bits per heavy atom. The number of benzene rings is 2. The van der Waals surface area contributed by atoms with Crippen LogP contribution in [0.3, 0.4) is 0 Å². The molecule has 0 bridgehead atoms. The molecule has 0 radical (unpaired) electrons. The summed E-state index contributed by atoms with van der Waals surface area (Å²) in [4.78, 5) is 0. The van der Waals surface area contributed by atoms with Crippen LogP contribution >= 0.6 is 0 Å². The van der Waals surface area contributed by atoms with Crippen molar-refractivity contribution in [2.45, 2.75) is 51.7 Å². The van der Waals surface area contributed by atoms with Gasteiger partial charge in [-0.3, -0.25) is 0 Å². The zero-order valence-electron chi connectivity index (χ0n) is 15.8. The van der Waals surface area contributed by atoms with Crippen LogP contribution in [-0.2, 0) is 22.1 Å². The van der Waals surface area contributed by atoms with Crippen molar-refractivity contribution in [3.8, 4) is 5.75 Å². The minimum atomic E-state index is -4.34. The van der Waals surface area contributed by atoms with Gasteiger partial charge in [-0.15, -0.1) is 0 Å². The molecule has 0 aromatic heterocycles. The summed E-state index contributed by atoms with van der Waals surface area (Å²) in [5, 5.41) is 0. The highest BCUT2D eigenvalue weighted by Crippen LogP contribution is 2.36. The van der Waals surface area contributed by atoms with E-state index in [1.165, 1.54) is 12.1 Å². The fraction of sp³-hybridized carbons (Fsp3) is 0.400. The summed E-state index contributed by atoms with van der Waals surface area (Å²) in [6.45, 7) is 8.11. The summed E-state index contributed by atoms with van der Waals surface area (Å²) in [6, 6.07) is 12.3. The van der Waals surface area contributed by atoms with Crippen molar-refractivity contribution in [3.05, 3.63) is 59.7 Å². The normalized spacial score (nSPS) is 18.6. The monoisotopic (exact) mass is 378 g/mol. The number of halogens is 3. The molecule has 1 aliphatic heterocycles. The Bertz CT molecular complexity index is 785. The first-order valence-corrected chi connectivity index (χ1v) is 8.72. The van der Waals surface area contributed by atoms with E-state index in [9.17, 15) is 13.2 Å². The molecule has 2 aromatic rings. The third-order valence-corrected chi connectivity index (χ3v) is 5.07. The molecule has 27 heavy (non-hydrogen) atoms. The van der Waals surface area contributed by atoms with Gasteiger partial charge in [0.2, 0.25) is 0 Å². The fourth-order valence-electron chi connectivity index (χ4n) is 2.69. The molecule has 0 aliphatic carbocycles. The van der Waals surface area contributed by atoms with Crippen molar-refractivity contribution >= 4 is 12.6 Å². The summed E-state index contributed by atoms with van der Waals surface area (Å²) in [7, 11) is -0.496. The van der Waals surface area contributed by atoms with Gasteiger partial charge >= 0.3 is 13.3 Å². The predicted octanol–water partition coefficient (Wildman–Crippen LogP) is 4.58. The topological polar surface area (TPSA) is 27.7 Å². The molecule has 1 fully saturated rings. The molecule has 3 rings (SSSR count). The predicted molar refractivity (Wildman–Crippen MR) is 97.9 cm³/mol. The van der Waals surface area contributed by atoms with Crippen LogP contribution in [0.15, 0.2) is 48.5 Å². The maximum absolute atomic E-state index is 12.6. The summed E-state index contributed by atoms with van der Waals surface area (Å²) < 4.78 is 55.6. The Morgan fingerprint density at radius 2 is 1.52 bits per heavy atom.